The van der Waals surface area contributed by atoms with Crippen molar-refractivity contribution in [1.29, 1.82) is 5.26 Å². The van der Waals surface area contributed by atoms with Crippen LogP contribution in [0.2, 0.25) is 0 Å². The molecule has 0 fully saturated rings. The van der Waals surface area contributed by atoms with Gasteiger partial charge in [-0.15, -0.1) is 0 Å². The molecule has 3 N–H and O–H groups in total. The number of nitrogens with one attached hydrogen (secondary N) is 2. The first-order valence-electron chi connectivity index (χ1n) is 22.6. The molecule has 368 valence electrons. The van der Waals surface area contributed by atoms with Crippen LogP contribution in [-0.2, 0) is 30.3 Å². The molecule has 0 bridgehead atoms. The topological polar surface area (TPSA) is 259 Å². The summed E-state index contributed by atoms with van der Waals surface area (Å²) < 4.78 is 33.7. The Kier molecular flexibility index (Phi) is 18.2. The molecule has 1 atom stereocenters. The molecule has 2 amide bonds. The summed E-state index contributed by atoms with van der Waals surface area (Å²) in [6.07, 6.45) is 7.08. The average molecular weight is 960 g/mol. The number of amides is 2. The number of rotatable bonds is 26. The molecular formula is C50H57N9O11. The van der Waals surface area contributed by atoms with E-state index in [9.17, 15) is 29.5 Å². The van der Waals surface area contributed by atoms with E-state index in [1.54, 1.807) is 73.2 Å². The van der Waals surface area contributed by atoms with Crippen LogP contribution in [0, 0.1) is 16.7 Å². The Morgan fingerprint density at radius 1 is 0.843 bits per heavy atom. The van der Waals surface area contributed by atoms with Gasteiger partial charge in [-0.1, -0.05) is 32.9 Å². The molecule has 6 rings (SSSR count). The van der Waals surface area contributed by atoms with Gasteiger partial charge in [0, 0.05) is 61.1 Å². The summed E-state index contributed by atoms with van der Waals surface area (Å²) >= 11 is 0. The van der Waals surface area contributed by atoms with E-state index in [0.29, 0.717) is 90.2 Å². The molecule has 0 unspecified atom stereocenters. The Bertz CT molecular complexity index is 2620. The second kappa shape index (κ2) is 24.6. The number of hydrogen-bond donors (Lipinski definition) is 3. The lowest BCUT2D eigenvalue weighted by molar-refractivity contribution is -0.142. The number of carbonyl (C=O) groups is 4. The quantitative estimate of drug-likeness (QED) is 0.0569. The van der Waals surface area contributed by atoms with Crippen LogP contribution in [0.4, 0.5) is 5.82 Å². The average Bonchev–Trinajstić information content (AvgIpc) is 3.53. The monoisotopic (exact) mass is 959 g/mol. The zero-order valence-electron chi connectivity index (χ0n) is 39.8. The standard InChI is InChI=1S/C50H57N9O11/c1-49(2,3)16-15-40(47(63)64)57-42(60)32-69-36-9-6-10-37(26-36)70-43-14-11-33(28-54-43)46(62)53-18-19-65-20-21-66-22-23-67-24-25-68-48-55-29-35(30-56-48)39-13-12-38-44(61)50(4,5)59(45(38)58-39)31-34-8-7-17-52-41(34)27-51/h6-14,17,26,28-30,40H,15-16,18-25,31-32H2,1-5H3,(H,53,62)(H,57,60)(H,63,64)/t40-/m0/s1. The number of aromatic nitrogens is 5. The smallest absolute Gasteiger partial charge is 0.326 e. The van der Waals surface area contributed by atoms with Crippen LogP contribution in [-0.4, -0.2) is 125 Å². The molecule has 5 heterocycles. The van der Waals surface area contributed by atoms with Crippen LogP contribution in [0.3, 0.4) is 0 Å². The van der Waals surface area contributed by atoms with E-state index in [4.69, 9.17) is 33.4 Å². The predicted octanol–water partition coefficient (Wildman–Crippen LogP) is 5.61. The van der Waals surface area contributed by atoms with Crippen molar-refractivity contribution < 1.29 is 52.7 Å². The van der Waals surface area contributed by atoms with Gasteiger partial charge >= 0.3 is 12.0 Å². The summed E-state index contributed by atoms with van der Waals surface area (Å²) in [4.78, 5) is 73.7. The molecule has 4 aromatic heterocycles. The molecular weight excluding hydrogens is 903 g/mol. The fourth-order valence-corrected chi connectivity index (χ4v) is 6.96. The van der Waals surface area contributed by atoms with Gasteiger partial charge in [0.25, 0.3) is 11.8 Å². The second-order valence-corrected chi connectivity index (χ2v) is 17.7. The number of ether oxygens (including phenoxy) is 6. The van der Waals surface area contributed by atoms with E-state index >= 15 is 0 Å². The highest BCUT2D eigenvalue weighted by molar-refractivity contribution is 6.13. The van der Waals surface area contributed by atoms with Crippen molar-refractivity contribution in [2.24, 2.45) is 5.41 Å². The number of nitrogens with zero attached hydrogens (tertiary/aromatic N) is 7. The van der Waals surface area contributed by atoms with Gasteiger partial charge in [-0.05, 0) is 68.5 Å². The normalized spacial score (nSPS) is 13.2. The molecule has 20 heteroatoms. The van der Waals surface area contributed by atoms with E-state index in [1.807, 2.05) is 45.6 Å². The number of hydrogen-bond acceptors (Lipinski definition) is 17. The van der Waals surface area contributed by atoms with Crippen LogP contribution in [0.5, 0.6) is 23.4 Å². The predicted molar refractivity (Wildman–Crippen MR) is 254 cm³/mol. The number of Topliss-reactive ketones (excluding diaryl/α,β-unsaturated/α-hetero) is 1. The first-order chi connectivity index (χ1) is 33.6. The molecule has 70 heavy (non-hydrogen) atoms. The Labute approximate surface area is 405 Å². The lowest BCUT2D eigenvalue weighted by Gasteiger charge is -2.32. The van der Waals surface area contributed by atoms with E-state index in [1.165, 1.54) is 6.20 Å². The van der Waals surface area contributed by atoms with Crippen LogP contribution in [0.25, 0.3) is 11.3 Å². The first-order valence-corrected chi connectivity index (χ1v) is 22.6. The zero-order chi connectivity index (χ0) is 50.1. The van der Waals surface area contributed by atoms with Gasteiger partial charge in [0.2, 0.25) is 5.88 Å². The van der Waals surface area contributed by atoms with Crippen molar-refractivity contribution in [2.75, 3.05) is 64.3 Å². The number of benzene rings is 1. The number of aliphatic carboxylic acids is 1. The molecule has 0 radical (unpaired) electrons. The Balaban J connectivity index is 0.800. The van der Waals surface area contributed by atoms with Crippen molar-refractivity contribution in [1.82, 2.24) is 35.6 Å². The summed E-state index contributed by atoms with van der Waals surface area (Å²) in [5.41, 5.74) is 2.09. The van der Waals surface area contributed by atoms with Gasteiger partial charge in [0.1, 0.15) is 41.7 Å². The van der Waals surface area contributed by atoms with Crippen LogP contribution >= 0.6 is 0 Å². The summed E-state index contributed by atoms with van der Waals surface area (Å²) in [7, 11) is 0. The van der Waals surface area contributed by atoms with Gasteiger partial charge < -0.3 is 49.1 Å². The maximum absolute atomic E-state index is 13.3. The highest BCUT2D eigenvalue weighted by atomic mass is 16.6. The Hall–Kier alpha value is -7.60. The molecule has 5 aromatic rings. The van der Waals surface area contributed by atoms with Gasteiger partial charge in [-0.25, -0.2) is 29.7 Å². The van der Waals surface area contributed by atoms with Crippen LogP contribution in [0.1, 0.15) is 79.4 Å². The Morgan fingerprint density at radius 2 is 1.56 bits per heavy atom. The fourth-order valence-electron chi connectivity index (χ4n) is 6.96. The lowest BCUT2D eigenvalue weighted by atomic mass is 9.88. The van der Waals surface area contributed by atoms with Crippen LogP contribution in [0.15, 0.2) is 85.5 Å². The zero-order valence-corrected chi connectivity index (χ0v) is 39.8. The number of pyridine rings is 3. The minimum atomic E-state index is -1.10. The van der Waals surface area contributed by atoms with E-state index in [0.717, 1.165) is 0 Å². The van der Waals surface area contributed by atoms with E-state index in [2.05, 4.69) is 36.6 Å². The third-order valence-corrected chi connectivity index (χ3v) is 10.8. The second-order valence-electron chi connectivity index (χ2n) is 17.7. The SMILES string of the molecule is CC(C)(C)CC[C@H](NC(=O)COc1cccc(Oc2ccc(C(=O)NCCOCCOCCOCCOc3ncc(-c4ccc5c(n4)N(Cc4cccnc4C#N)C(C)(C)C5=O)cn3)cn2)c1)C(=O)O. The minimum Gasteiger partial charge on any atom is -0.484 e. The maximum Gasteiger partial charge on any atom is 0.326 e. The molecule has 1 aliphatic heterocycles. The molecule has 0 spiro atoms. The maximum atomic E-state index is 13.3. The summed E-state index contributed by atoms with van der Waals surface area (Å²) in [5.74, 6) is -0.582. The number of ketones is 1. The van der Waals surface area contributed by atoms with Crippen molar-refractivity contribution in [3.63, 3.8) is 0 Å². The number of fused-ring (bicyclic) bond motifs is 1. The highest BCUT2D eigenvalue weighted by Crippen LogP contribution is 2.40. The number of anilines is 1. The molecule has 1 aliphatic rings. The van der Waals surface area contributed by atoms with Crippen molar-refractivity contribution in [3.05, 3.63) is 108 Å². The van der Waals surface area contributed by atoms with Gasteiger partial charge in [0.15, 0.2) is 12.4 Å². The number of carboxylic acids is 1. The fraction of sp³-hybridized carbons (Fsp3) is 0.400. The molecule has 1 aromatic carbocycles. The number of carboxylic acid groups (broad SMARTS) is 1. The van der Waals surface area contributed by atoms with Gasteiger partial charge in [0.05, 0.1) is 62.0 Å². The summed E-state index contributed by atoms with van der Waals surface area (Å²) in [6.45, 7) is 12.0. The van der Waals surface area contributed by atoms with E-state index in [-0.39, 0.29) is 68.5 Å². The van der Waals surface area contributed by atoms with Crippen molar-refractivity contribution in [3.8, 4) is 40.7 Å². The number of nitriles is 1. The Morgan fingerprint density at radius 3 is 2.24 bits per heavy atom. The van der Waals surface area contributed by atoms with Crippen molar-refractivity contribution in [2.45, 2.75) is 65.6 Å². The van der Waals surface area contributed by atoms with Crippen LogP contribution < -0.4 is 29.7 Å². The van der Waals surface area contributed by atoms with Crippen molar-refractivity contribution >= 4 is 29.4 Å². The first kappa shape index (κ1) is 51.8. The molecule has 0 aliphatic carbocycles. The van der Waals surface area contributed by atoms with Gasteiger partial charge in [-0.3, -0.25) is 14.4 Å². The van der Waals surface area contributed by atoms with E-state index < -0.39 is 23.5 Å². The molecule has 0 saturated carbocycles. The third-order valence-electron chi connectivity index (χ3n) is 10.8. The largest absolute Gasteiger partial charge is 0.484 e. The minimum absolute atomic E-state index is 0.0598. The lowest BCUT2D eigenvalue weighted by Crippen LogP contribution is -2.44. The summed E-state index contributed by atoms with van der Waals surface area (Å²) in [6, 6.07) is 18.0. The van der Waals surface area contributed by atoms with Gasteiger partial charge in [-0.2, -0.15) is 5.26 Å². The molecule has 0 saturated heterocycles. The molecule has 20 nitrogen and oxygen atoms in total. The number of carbonyl (C=O) groups excluding carboxylic acids is 3. The highest BCUT2D eigenvalue weighted by Gasteiger charge is 2.45. The summed E-state index contributed by atoms with van der Waals surface area (Å²) in [5, 5.41) is 24.3. The third kappa shape index (κ3) is 14.9.